The van der Waals surface area contributed by atoms with E-state index in [9.17, 15) is 0 Å². The fraction of sp³-hybridized carbons (Fsp3) is 0.615. The lowest BCUT2D eigenvalue weighted by atomic mass is 10.2. The van der Waals surface area contributed by atoms with Gasteiger partial charge in [-0.3, -0.25) is 0 Å². The number of nitrogens with one attached hydrogen (secondary N) is 1. The molecule has 3 heteroatoms. The van der Waals surface area contributed by atoms with Crippen LogP contribution < -0.4 is 5.32 Å². The minimum Gasteiger partial charge on any atom is -0.370 e. The van der Waals surface area contributed by atoms with Crippen LogP contribution >= 0.6 is 11.8 Å². The summed E-state index contributed by atoms with van der Waals surface area (Å²) in [5.41, 5.74) is 0. The highest BCUT2D eigenvalue weighted by Gasteiger charge is 2.09. The topological polar surface area (TPSA) is 24.9 Å². The quantitative estimate of drug-likeness (QED) is 0.757. The Morgan fingerprint density at radius 2 is 2.12 bits per heavy atom. The first kappa shape index (κ1) is 13.4. The summed E-state index contributed by atoms with van der Waals surface area (Å²) in [5.74, 6) is 1.69. The average molecular weight is 238 g/mol. The van der Waals surface area contributed by atoms with Crippen molar-refractivity contribution in [2.75, 3.05) is 11.9 Å². The molecule has 1 atom stereocenters. The summed E-state index contributed by atoms with van der Waals surface area (Å²) in [5, 5.41) is 3.95. The van der Waals surface area contributed by atoms with Crippen LogP contribution in [0.25, 0.3) is 0 Å². The van der Waals surface area contributed by atoms with E-state index in [0.717, 1.165) is 18.8 Å². The number of anilines is 1. The van der Waals surface area contributed by atoms with Crippen molar-refractivity contribution >= 4 is 17.6 Å². The summed E-state index contributed by atoms with van der Waals surface area (Å²) in [4.78, 5) is 5.61. The van der Waals surface area contributed by atoms with E-state index in [4.69, 9.17) is 0 Å². The number of pyridine rings is 1. The minimum absolute atomic E-state index is 0.640. The van der Waals surface area contributed by atoms with Crippen LogP contribution in [0.2, 0.25) is 0 Å². The predicted octanol–water partition coefficient (Wildman–Crippen LogP) is 4.04. The summed E-state index contributed by atoms with van der Waals surface area (Å²) in [7, 11) is 0. The molecule has 0 saturated carbocycles. The van der Waals surface area contributed by atoms with E-state index >= 15 is 0 Å². The largest absolute Gasteiger partial charge is 0.370 e. The molecule has 1 aromatic rings. The first-order chi connectivity index (χ1) is 7.63. The summed E-state index contributed by atoms with van der Waals surface area (Å²) in [6.07, 6.45) is 3.01. The van der Waals surface area contributed by atoms with Crippen molar-refractivity contribution in [3.8, 4) is 0 Å². The molecule has 2 nitrogen and oxygen atoms in total. The number of aromatic nitrogens is 1. The third kappa shape index (κ3) is 4.44. The van der Waals surface area contributed by atoms with Gasteiger partial charge in [0.1, 0.15) is 5.82 Å². The number of rotatable bonds is 6. The fourth-order valence-corrected chi connectivity index (χ4v) is 2.21. The first-order valence-corrected chi connectivity index (χ1v) is 6.88. The average Bonchev–Trinajstić information content (AvgIpc) is 2.26. The first-order valence-electron chi connectivity index (χ1n) is 6.00. The molecular formula is C13H22N2S. The molecule has 0 radical (unpaired) electrons. The SMILES string of the molecule is CCCNc1cc(SC(C)C(C)C)ccn1. The molecule has 0 aromatic carbocycles. The van der Waals surface area contributed by atoms with Crippen molar-refractivity contribution in [1.29, 1.82) is 0 Å². The van der Waals surface area contributed by atoms with E-state index in [1.54, 1.807) is 0 Å². The number of hydrogen-bond acceptors (Lipinski definition) is 3. The lowest BCUT2D eigenvalue weighted by Gasteiger charge is -2.15. The Labute approximate surface area is 103 Å². The highest BCUT2D eigenvalue weighted by Crippen LogP contribution is 2.28. The maximum atomic E-state index is 4.30. The molecule has 0 fully saturated rings. The number of nitrogens with zero attached hydrogens (tertiary/aromatic N) is 1. The van der Waals surface area contributed by atoms with E-state index in [2.05, 4.69) is 50.1 Å². The van der Waals surface area contributed by atoms with Crippen LogP contribution in [0.3, 0.4) is 0 Å². The molecular weight excluding hydrogens is 216 g/mol. The molecule has 0 spiro atoms. The zero-order chi connectivity index (χ0) is 12.0. The van der Waals surface area contributed by atoms with Crippen LogP contribution in [0.15, 0.2) is 23.2 Å². The standard InChI is InChI=1S/C13H22N2S/c1-5-7-14-13-9-12(6-8-15-13)16-11(4)10(2)3/h6,8-11H,5,7H2,1-4H3,(H,14,15). The van der Waals surface area contributed by atoms with Gasteiger partial charge in [0.25, 0.3) is 0 Å². The second kappa shape index (κ2) is 6.79. The van der Waals surface area contributed by atoms with Crippen LogP contribution in [0.1, 0.15) is 34.1 Å². The van der Waals surface area contributed by atoms with Gasteiger partial charge < -0.3 is 5.32 Å². The van der Waals surface area contributed by atoms with Crippen LogP contribution in [-0.4, -0.2) is 16.8 Å². The van der Waals surface area contributed by atoms with Crippen LogP contribution in [0.4, 0.5) is 5.82 Å². The molecule has 1 N–H and O–H groups in total. The Morgan fingerprint density at radius 3 is 2.75 bits per heavy atom. The number of thioether (sulfide) groups is 1. The lowest BCUT2D eigenvalue weighted by Crippen LogP contribution is -2.06. The van der Waals surface area contributed by atoms with Crippen LogP contribution in [0, 0.1) is 5.92 Å². The van der Waals surface area contributed by atoms with E-state index in [1.807, 2.05) is 18.0 Å². The van der Waals surface area contributed by atoms with E-state index in [0.29, 0.717) is 11.2 Å². The fourth-order valence-electron chi connectivity index (χ4n) is 1.18. The molecule has 1 aromatic heterocycles. The van der Waals surface area contributed by atoms with Gasteiger partial charge >= 0.3 is 0 Å². The Bertz CT molecular complexity index is 313. The highest BCUT2D eigenvalue weighted by molar-refractivity contribution is 8.00. The molecule has 0 aliphatic rings. The highest BCUT2D eigenvalue weighted by atomic mass is 32.2. The molecule has 1 unspecified atom stereocenters. The molecule has 0 amide bonds. The third-order valence-electron chi connectivity index (χ3n) is 2.55. The van der Waals surface area contributed by atoms with Gasteiger partial charge in [0.05, 0.1) is 0 Å². The second-order valence-corrected chi connectivity index (χ2v) is 5.82. The van der Waals surface area contributed by atoms with Crippen molar-refractivity contribution < 1.29 is 0 Å². The normalized spacial score (nSPS) is 12.8. The number of hydrogen-bond donors (Lipinski definition) is 1. The van der Waals surface area contributed by atoms with Crippen molar-refractivity contribution in [1.82, 2.24) is 4.98 Å². The van der Waals surface area contributed by atoms with Gasteiger partial charge in [0, 0.05) is 22.9 Å². The molecule has 1 rings (SSSR count). The Hall–Kier alpha value is -0.700. The van der Waals surface area contributed by atoms with Crippen LogP contribution in [0.5, 0.6) is 0 Å². The van der Waals surface area contributed by atoms with Gasteiger partial charge in [-0.2, -0.15) is 0 Å². The predicted molar refractivity (Wildman–Crippen MR) is 73.2 cm³/mol. The van der Waals surface area contributed by atoms with E-state index in [1.165, 1.54) is 4.90 Å². The van der Waals surface area contributed by atoms with Gasteiger partial charge in [0.15, 0.2) is 0 Å². The monoisotopic (exact) mass is 238 g/mol. The Morgan fingerprint density at radius 1 is 1.38 bits per heavy atom. The molecule has 0 saturated heterocycles. The summed E-state index contributed by atoms with van der Waals surface area (Å²) in [6.45, 7) is 9.94. The van der Waals surface area contributed by atoms with Gasteiger partial charge in [-0.1, -0.05) is 27.7 Å². The maximum Gasteiger partial charge on any atom is 0.126 e. The summed E-state index contributed by atoms with van der Waals surface area (Å²) >= 11 is 1.92. The van der Waals surface area contributed by atoms with Crippen LogP contribution in [-0.2, 0) is 0 Å². The lowest BCUT2D eigenvalue weighted by molar-refractivity contribution is 0.642. The molecule has 0 aliphatic carbocycles. The molecule has 16 heavy (non-hydrogen) atoms. The molecule has 90 valence electrons. The third-order valence-corrected chi connectivity index (χ3v) is 3.99. The van der Waals surface area contributed by atoms with Crippen molar-refractivity contribution in [2.45, 2.75) is 44.3 Å². The minimum atomic E-state index is 0.640. The summed E-state index contributed by atoms with van der Waals surface area (Å²) in [6, 6.07) is 4.22. The second-order valence-electron chi connectivity index (χ2n) is 4.37. The van der Waals surface area contributed by atoms with Gasteiger partial charge in [-0.15, -0.1) is 11.8 Å². The Kier molecular flexibility index (Phi) is 5.67. The molecule has 0 bridgehead atoms. The molecule has 1 heterocycles. The van der Waals surface area contributed by atoms with Crippen molar-refractivity contribution in [3.63, 3.8) is 0 Å². The maximum absolute atomic E-state index is 4.30. The van der Waals surface area contributed by atoms with E-state index in [-0.39, 0.29) is 0 Å². The van der Waals surface area contributed by atoms with Gasteiger partial charge in [-0.05, 0) is 24.5 Å². The van der Waals surface area contributed by atoms with Gasteiger partial charge in [0.2, 0.25) is 0 Å². The Balaban J connectivity index is 2.59. The smallest absolute Gasteiger partial charge is 0.126 e. The summed E-state index contributed by atoms with van der Waals surface area (Å²) < 4.78 is 0. The van der Waals surface area contributed by atoms with Crippen molar-refractivity contribution in [3.05, 3.63) is 18.3 Å². The zero-order valence-corrected chi connectivity index (χ0v) is 11.5. The van der Waals surface area contributed by atoms with Crippen molar-refractivity contribution in [2.24, 2.45) is 5.92 Å². The zero-order valence-electron chi connectivity index (χ0n) is 10.7. The molecule has 0 aliphatic heterocycles. The van der Waals surface area contributed by atoms with E-state index < -0.39 is 0 Å². The van der Waals surface area contributed by atoms with Gasteiger partial charge in [-0.25, -0.2) is 4.98 Å².